The fourth-order valence-electron chi connectivity index (χ4n) is 2.28. The number of rotatable bonds is 3. The van der Waals surface area contributed by atoms with Crippen molar-refractivity contribution in [1.29, 1.82) is 0 Å². The van der Waals surface area contributed by atoms with Gasteiger partial charge in [-0.25, -0.2) is 9.59 Å². The molecule has 2 rings (SSSR count). The first-order valence-corrected chi connectivity index (χ1v) is 7.54. The Morgan fingerprint density at radius 2 is 2.10 bits per heavy atom. The van der Waals surface area contributed by atoms with Crippen LogP contribution >= 0.6 is 22.6 Å². The van der Waals surface area contributed by atoms with Crippen molar-refractivity contribution in [2.45, 2.75) is 29.4 Å². The molecule has 5 nitrogen and oxygen atoms in total. The fourth-order valence-corrected chi connectivity index (χ4v) is 3.53. The summed E-state index contributed by atoms with van der Waals surface area (Å²) in [5.41, 5.74) is -0.303. The minimum Gasteiger partial charge on any atom is -0.480 e. The van der Waals surface area contributed by atoms with Crippen LogP contribution in [0.2, 0.25) is 0 Å². The molecule has 1 heterocycles. The summed E-state index contributed by atoms with van der Waals surface area (Å²) in [6, 6.07) is 9.32. The van der Waals surface area contributed by atoms with E-state index in [9.17, 15) is 14.7 Å². The standard InChI is InChI=1S/C14H16INO4/c1-14(12(17)18)7-11(15)8-16(14)13(19)20-9-10-5-3-2-4-6-10/h2-6,11H,7-9H2,1H3,(H,17,18)/t11-,14-/m1/s1. The number of carbonyl (C=O) groups excluding carboxylic acids is 1. The summed E-state index contributed by atoms with van der Waals surface area (Å²) < 4.78 is 5.35. The second kappa shape index (κ2) is 5.99. The van der Waals surface area contributed by atoms with Gasteiger partial charge in [-0.15, -0.1) is 0 Å². The van der Waals surface area contributed by atoms with Crippen LogP contribution in [0.3, 0.4) is 0 Å². The summed E-state index contributed by atoms with van der Waals surface area (Å²) in [5.74, 6) is -0.992. The van der Waals surface area contributed by atoms with E-state index < -0.39 is 17.6 Å². The lowest BCUT2D eigenvalue weighted by molar-refractivity contribution is -0.147. The number of halogens is 1. The highest BCUT2D eigenvalue weighted by Gasteiger charge is 2.50. The van der Waals surface area contributed by atoms with Crippen molar-refractivity contribution in [2.24, 2.45) is 0 Å². The molecule has 1 aromatic rings. The van der Waals surface area contributed by atoms with Crippen molar-refractivity contribution >= 4 is 34.7 Å². The Hall–Kier alpha value is -1.31. The maximum Gasteiger partial charge on any atom is 0.411 e. The van der Waals surface area contributed by atoms with E-state index in [0.29, 0.717) is 13.0 Å². The molecule has 1 fully saturated rings. The zero-order valence-corrected chi connectivity index (χ0v) is 13.2. The number of likely N-dealkylation sites (tertiary alicyclic amines) is 1. The average Bonchev–Trinajstić information content (AvgIpc) is 2.74. The molecule has 2 atom stereocenters. The van der Waals surface area contributed by atoms with Crippen LogP contribution in [0.5, 0.6) is 0 Å². The van der Waals surface area contributed by atoms with Gasteiger partial charge >= 0.3 is 12.1 Å². The number of amides is 1. The van der Waals surface area contributed by atoms with Crippen molar-refractivity contribution < 1.29 is 19.4 Å². The van der Waals surface area contributed by atoms with E-state index in [-0.39, 0.29) is 10.5 Å². The number of alkyl halides is 1. The van der Waals surface area contributed by atoms with Crippen LogP contribution in [0.15, 0.2) is 30.3 Å². The Balaban J connectivity index is 2.03. The molecule has 0 aromatic heterocycles. The molecule has 0 radical (unpaired) electrons. The van der Waals surface area contributed by atoms with E-state index in [1.807, 2.05) is 30.3 Å². The second-order valence-electron chi connectivity index (χ2n) is 5.03. The minimum atomic E-state index is -1.18. The third kappa shape index (κ3) is 3.05. The number of hydrogen-bond donors (Lipinski definition) is 1. The molecular weight excluding hydrogens is 373 g/mol. The smallest absolute Gasteiger partial charge is 0.411 e. The quantitative estimate of drug-likeness (QED) is 0.638. The second-order valence-corrected chi connectivity index (χ2v) is 6.79. The van der Waals surface area contributed by atoms with Gasteiger partial charge in [0.25, 0.3) is 0 Å². The van der Waals surface area contributed by atoms with E-state index >= 15 is 0 Å². The van der Waals surface area contributed by atoms with Crippen molar-refractivity contribution in [2.75, 3.05) is 6.54 Å². The summed E-state index contributed by atoms with van der Waals surface area (Å²) in [5, 5.41) is 9.34. The lowest BCUT2D eigenvalue weighted by Gasteiger charge is -2.30. The van der Waals surface area contributed by atoms with Crippen molar-refractivity contribution in [3.63, 3.8) is 0 Å². The highest BCUT2D eigenvalue weighted by Crippen LogP contribution is 2.34. The van der Waals surface area contributed by atoms with Crippen LogP contribution in [0.1, 0.15) is 18.9 Å². The van der Waals surface area contributed by atoms with Gasteiger partial charge in [0.15, 0.2) is 0 Å². The van der Waals surface area contributed by atoms with Gasteiger partial charge in [0.1, 0.15) is 12.1 Å². The van der Waals surface area contributed by atoms with Crippen LogP contribution in [0, 0.1) is 0 Å². The molecule has 0 aliphatic carbocycles. The third-order valence-electron chi connectivity index (χ3n) is 3.48. The molecule has 0 unspecified atom stereocenters. The first-order chi connectivity index (χ1) is 9.43. The molecule has 1 aliphatic heterocycles. The van der Waals surface area contributed by atoms with E-state index in [4.69, 9.17) is 4.74 Å². The molecule has 0 spiro atoms. The van der Waals surface area contributed by atoms with Crippen LogP contribution < -0.4 is 0 Å². The molecular formula is C14H16INO4. The molecule has 1 saturated heterocycles. The average molecular weight is 389 g/mol. The van der Waals surface area contributed by atoms with Crippen molar-refractivity contribution in [3.8, 4) is 0 Å². The van der Waals surface area contributed by atoms with Crippen LogP contribution in [0.4, 0.5) is 4.79 Å². The number of carbonyl (C=O) groups is 2. The van der Waals surface area contributed by atoms with Gasteiger partial charge in [-0.05, 0) is 18.9 Å². The van der Waals surface area contributed by atoms with Gasteiger partial charge in [0.05, 0.1) is 0 Å². The number of ether oxygens (including phenoxy) is 1. The van der Waals surface area contributed by atoms with Crippen LogP contribution in [0.25, 0.3) is 0 Å². The monoisotopic (exact) mass is 389 g/mol. The number of nitrogens with zero attached hydrogens (tertiary/aromatic N) is 1. The zero-order valence-electron chi connectivity index (χ0n) is 11.1. The predicted molar refractivity (Wildman–Crippen MR) is 81.8 cm³/mol. The number of carboxylic acids is 1. The Morgan fingerprint density at radius 3 is 2.70 bits per heavy atom. The van der Waals surface area contributed by atoms with Gasteiger partial charge in [-0.2, -0.15) is 0 Å². The largest absolute Gasteiger partial charge is 0.480 e. The number of hydrogen-bond acceptors (Lipinski definition) is 3. The first-order valence-electron chi connectivity index (χ1n) is 6.29. The van der Waals surface area contributed by atoms with Crippen LogP contribution in [-0.4, -0.2) is 38.1 Å². The van der Waals surface area contributed by atoms with Crippen molar-refractivity contribution in [3.05, 3.63) is 35.9 Å². The van der Waals surface area contributed by atoms with E-state index in [1.165, 1.54) is 4.90 Å². The Morgan fingerprint density at radius 1 is 1.45 bits per heavy atom. The van der Waals surface area contributed by atoms with E-state index in [2.05, 4.69) is 22.6 Å². The first kappa shape index (κ1) is 15.1. The molecule has 1 amide bonds. The number of carboxylic acid groups (broad SMARTS) is 1. The van der Waals surface area contributed by atoms with E-state index in [1.54, 1.807) is 6.92 Å². The van der Waals surface area contributed by atoms with Gasteiger partial charge in [0, 0.05) is 10.5 Å². The molecule has 1 aromatic carbocycles. The molecule has 0 bridgehead atoms. The Bertz CT molecular complexity index is 507. The number of aliphatic carboxylic acids is 1. The lowest BCUT2D eigenvalue weighted by atomic mass is 10.00. The molecule has 1 aliphatic rings. The summed E-state index contributed by atoms with van der Waals surface area (Å²) >= 11 is 2.17. The Labute approximate surface area is 131 Å². The number of benzene rings is 1. The molecule has 20 heavy (non-hydrogen) atoms. The van der Waals surface area contributed by atoms with Crippen molar-refractivity contribution in [1.82, 2.24) is 4.90 Å². The molecule has 0 saturated carbocycles. The summed E-state index contributed by atoms with van der Waals surface area (Å²) in [6.07, 6.45) is -0.138. The lowest BCUT2D eigenvalue weighted by Crippen LogP contribution is -2.50. The fraction of sp³-hybridized carbons (Fsp3) is 0.429. The minimum absolute atomic E-state index is 0.123. The summed E-state index contributed by atoms with van der Waals surface area (Å²) in [4.78, 5) is 24.8. The predicted octanol–water partition coefficient (Wildman–Crippen LogP) is 2.68. The normalized spacial score (nSPS) is 25.5. The van der Waals surface area contributed by atoms with Gasteiger partial charge in [-0.3, -0.25) is 4.90 Å². The summed E-state index contributed by atoms with van der Waals surface area (Å²) in [6.45, 7) is 2.12. The van der Waals surface area contributed by atoms with Gasteiger partial charge in [-0.1, -0.05) is 52.9 Å². The van der Waals surface area contributed by atoms with Crippen LogP contribution in [-0.2, 0) is 16.1 Å². The maximum absolute atomic E-state index is 12.1. The molecule has 1 N–H and O–H groups in total. The highest BCUT2D eigenvalue weighted by atomic mass is 127. The van der Waals surface area contributed by atoms with E-state index in [0.717, 1.165) is 5.56 Å². The topological polar surface area (TPSA) is 66.8 Å². The third-order valence-corrected chi connectivity index (χ3v) is 4.32. The molecule has 6 heteroatoms. The summed E-state index contributed by atoms with van der Waals surface area (Å²) in [7, 11) is 0. The SMILES string of the molecule is C[C@]1(C(=O)O)C[C@@H](I)CN1C(=O)OCc1ccccc1. The Kier molecular flexibility index (Phi) is 4.52. The van der Waals surface area contributed by atoms with Gasteiger partial charge < -0.3 is 9.84 Å². The maximum atomic E-state index is 12.1. The highest BCUT2D eigenvalue weighted by molar-refractivity contribution is 14.1. The molecule has 108 valence electrons. The van der Waals surface area contributed by atoms with Gasteiger partial charge in [0.2, 0.25) is 0 Å². The zero-order chi connectivity index (χ0) is 14.8.